The SMILES string of the molecule is Nc1ccc(CC(=O)CCCCCNC(=O)c2ccccc2S)cc1. The quantitative estimate of drug-likeness (QED) is 0.365. The maximum atomic E-state index is 12.0. The zero-order valence-electron chi connectivity index (χ0n) is 14.2. The minimum atomic E-state index is -0.106. The van der Waals surface area contributed by atoms with E-state index in [4.69, 9.17) is 5.73 Å². The van der Waals surface area contributed by atoms with Crippen molar-refractivity contribution in [3.8, 4) is 0 Å². The van der Waals surface area contributed by atoms with Gasteiger partial charge < -0.3 is 11.1 Å². The summed E-state index contributed by atoms with van der Waals surface area (Å²) in [5.74, 6) is 0.128. The fraction of sp³-hybridized carbons (Fsp3) is 0.300. The van der Waals surface area contributed by atoms with Crippen LogP contribution >= 0.6 is 12.6 Å². The fourth-order valence-electron chi connectivity index (χ4n) is 2.54. The molecule has 25 heavy (non-hydrogen) atoms. The van der Waals surface area contributed by atoms with Gasteiger partial charge in [0.1, 0.15) is 5.78 Å². The second-order valence-corrected chi connectivity index (χ2v) is 6.52. The van der Waals surface area contributed by atoms with Crippen molar-refractivity contribution in [1.29, 1.82) is 0 Å². The van der Waals surface area contributed by atoms with Crippen LogP contribution in [0.2, 0.25) is 0 Å². The molecule has 0 unspecified atom stereocenters. The highest BCUT2D eigenvalue weighted by Crippen LogP contribution is 2.12. The average Bonchev–Trinajstić information content (AvgIpc) is 2.60. The summed E-state index contributed by atoms with van der Waals surface area (Å²) >= 11 is 4.28. The second kappa shape index (κ2) is 9.89. The van der Waals surface area contributed by atoms with E-state index in [2.05, 4.69) is 17.9 Å². The third-order valence-electron chi connectivity index (χ3n) is 3.95. The maximum Gasteiger partial charge on any atom is 0.252 e. The van der Waals surface area contributed by atoms with Crippen molar-refractivity contribution in [1.82, 2.24) is 5.32 Å². The lowest BCUT2D eigenvalue weighted by atomic mass is 10.0. The molecule has 0 fully saturated rings. The van der Waals surface area contributed by atoms with Gasteiger partial charge in [0.25, 0.3) is 5.91 Å². The van der Waals surface area contributed by atoms with Gasteiger partial charge in [-0.2, -0.15) is 0 Å². The third kappa shape index (κ3) is 6.63. The summed E-state index contributed by atoms with van der Waals surface area (Å²) in [7, 11) is 0. The molecule has 0 atom stereocenters. The van der Waals surface area contributed by atoms with Gasteiger partial charge in [-0.1, -0.05) is 30.7 Å². The van der Waals surface area contributed by atoms with Crippen molar-refractivity contribution in [2.75, 3.05) is 12.3 Å². The van der Waals surface area contributed by atoms with E-state index in [9.17, 15) is 9.59 Å². The number of ketones is 1. The van der Waals surface area contributed by atoms with Crippen molar-refractivity contribution in [3.63, 3.8) is 0 Å². The number of nitrogen functional groups attached to an aromatic ring is 1. The first-order valence-corrected chi connectivity index (χ1v) is 8.93. The van der Waals surface area contributed by atoms with Crippen LogP contribution in [0.15, 0.2) is 53.4 Å². The van der Waals surface area contributed by atoms with Crippen LogP contribution in [0.25, 0.3) is 0 Å². The number of rotatable bonds is 9. The molecule has 0 spiro atoms. The summed E-state index contributed by atoms with van der Waals surface area (Å²) < 4.78 is 0. The zero-order valence-corrected chi connectivity index (χ0v) is 15.1. The Bertz CT molecular complexity index is 714. The Morgan fingerprint density at radius 2 is 1.68 bits per heavy atom. The van der Waals surface area contributed by atoms with Crippen LogP contribution in [-0.4, -0.2) is 18.2 Å². The fourth-order valence-corrected chi connectivity index (χ4v) is 2.80. The van der Waals surface area contributed by atoms with Gasteiger partial charge in [-0.05, 0) is 42.7 Å². The van der Waals surface area contributed by atoms with Gasteiger partial charge in [0.2, 0.25) is 0 Å². The summed E-state index contributed by atoms with van der Waals surface area (Å²) in [5.41, 5.74) is 7.92. The highest BCUT2D eigenvalue weighted by atomic mass is 32.1. The number of amides is 1. The number of hydrogen-bond donors (Lipinski definition) is 3. The Kier molecular flexibility index (Phi) is 7.54. The Balaban J connectivity index is 1.58. The van der Waals surface area contributed by atoms with E-state index in [-0.39, 0.29) is 11.7 Å². The van der Waals surface area contributed by atoms with Gasteiger partial charge in [-0.3, -0.25) is 9.59 Å². The smallest absolute Gasteiger partial charge is 0.252 e. The zero-order chi connectivity index (χ0) is 18.1. The standard InChI is InChI=1S/C20H24N2O2S/c21-16-11-9-15(10-12-16)14-17(23)6-2-1-5-13-22-20(24)18-7-3-4-8-19(18)25/h3-4,7-12,25H,1-2,5-6,13-14,21H2,(H,22,24). The highest BCUT2D eigenvalue weighted by molar-refractivity contribution is 7.80. The number of carbonyl (C=O) groups is 2. The van der Waals surface area contributed by atoms with E-state index in [0.29, 0.717) is 35.5 Å². The van der Waals surface area contributed by atoms with E-state index in [1.54, 1.807) is 12.1 Å². The molecular weight excluding hydrogens is 332 g/mol. The van der Waals surface area contributed by atoms with Crippen LogP contribution < -0.4 is 11.1 Å². The number of Topliss-reactive ketones (excluding diaryl/α,β-unsaturated/α-hetero) is 1. The number of nitrogens with two attached hydrogens (primary N) is 1. The lowest BCUT2D eigenvalue weighted by molar-refractivity contribution is -0.118. The van der Waals surface area contributed by atoms with Crippen molar-refractivity contribution < 1.29 is 9.59 Å². The number of thiol groups is 1. The number of unbranched alkanes of at least 4 members (excludes halogenated alkanes) is 2. The summed E-state index contributed by atoms with van der Waals surface area (Å²) in [4.78, 5) is 24.6. The molecule has 3 N–H and O–H groups in total. The molecule has 0 heterocycles. The molecule has 1 amide bonds. The molecule has 2 aromatic carbocycles. The molecule has 0 saturated heterocycles. The van der Waals surface area contributed by atoms with E-state index in [1.165, 1.54) is 0 Å². The molecule has 5 heteroatoms. The number of anilines is 1. The van der Waals surface area contributed by atoms with E-state index < -0.39 is 0 Å². The summed E-state index contributed by atoms with van der Waals surface area (Å²) in [6.07, 6.45) is 3.63. The third-order valence-corrected chi connectivity index (χ3v) is 4.34. The lowest BCUT2D eigenvalue weighted by Gasteiger charge is -2.07. The number of nitrogens with one attached hydrogen (secondary N) is 1. The summed E-state index contributed by atoms with van der Waals surface area (Å²) in [5, 5.41) is 2.89. The molecule has 0 aromatic heterocycles. The number of hydrogen-bond acceptors (Lipinski definition) is 4. The Morgan fingerprint density at radius 3 is 2.40 bits per heavy atom. The largest absolute Gasteiger partial charge is 0.399 e. The Hall–Kier alpha value is -2.27. The molecule has 0 aliphatic heterocycles. The molecule has 0 radical (unpaired) electrons. The minimum absolute atomic E-state index is 0.106. The van der Waals surface area contributed by atoms with Crippen LogP contribution in [0, 0.1) is 0 Å². The Labute approximate surface area is 154 Å². The van der Waals surface area contributed by atoms with Crippen molar-refractivity contribution in [3.05, 3.63) is 59.7 Å². The molecule has 4 nitrogen and oxygen atoms in total. The van der Waals surface area contributed by atoms with E-state index in [1.807, 2.05) is 36.4 Å². The molecular formula is C20H24N2O2S. The summed E-state index contributed by atoms with van der Waals surface area (Å²) in [6, 6.07) is 14.6. The van der Waals surface area contributed by atoms with Crippen LogP contribution in [0.3, 0.4) is 0 Å². The van der Waals surface area contributed by atoms with Gasteiger partial charge in [0.15, 0.2) is 0 Å². The van der Waals surface area contributed by atoms with Crippen molar-refractivity contribution >= 4 is 30.0 Å². The first-order valence-electron chi connectivity index (χ1n) is 8.48. The van der Waals surface area contributed by atoms with Crippen molar-refractivity contribution in [2.45, 2.75) is 37.0 Å². The van der Waals surface area contributed by atoms with E-state index in [0.717, 1.165) is 24.8 Å². The van der Waals surface area contributed by atoms with Crippen LogP contribution in [0.1, 0.15) is 41.6 Å². The molecule has 132 valence electrons. The van der Waals surface area contributed by atoms with Gasteiger partial charge in [0, 0.05) is 30.0 Å². The predicted molar refractivity (Wildman–Crippen MR) is 104 cm³/mol. The van der Waals surface area contributed by atoms with Gasteiger partial charge in [0.05, 0.1) is 5.56 Å². The number of carbonyl (C=O) groups excluding carboxylic acids is 2. The normalized spacial score (nSPS) is 10.4. The molecule has 2 aromatic rings. The van der Waals surface area contributed by atoms with Crippen LogP contribution in [-0.2, 0) is 11.2 Å². The lowest BCUT2D eigenvalue weighted by Crippen LogP contribution is -2.24. The van der Waals surface area contributed by atoms with Crippen LogP contribution in [0.4, 0.5) is 5.69 Å². The monoisotopic (exact) mass is 356 g/mol. The van der Waals surface area contributed by atoms with Gasteiger partial charge in [-0.15, -0.1) is 12.6 Å². The minimum Gasteiger partial charge on any atom is -0.399 e. The molecule has 0 saturated carbocycles. The highest BCUT2D eigenvalue weighted by Gasteiger charge is 2.08. The first-order chi connectivity index (χ1) is 12.1. The van der Waals surface area contributed by atoms with Crippen molar-refractivity contribution in [2.24, 2.45) is 0 Å². The molecule has 0 aliphatic carbocycles. The Morgan fingerprint density at radius 1 is 0.960 bits per heavy atom. The molecule has 2 rings (SSSR count). The topological polar surface area (TPSA) is 72.2 Å². The maximum absolute atomic E-state index is 12.0. The van der Waals surface area contributed by atoms with Gasteiger partial charge >= 0.3 is 0 Å². The first kappa shape index (κ1) is 19.1. The van der Waals surface area contributed by atoms with Gasteiger partial charge in [-0.25, -0.2) is 0 Å². The van der Waals surface area contributed by atoms with Crippen LogP contribution in [0.5, 0.6) is 0 Å². The predicted octanol–water partition coefficient (Wildman–Crippen LogP) is 3.66. The molecule has 0 aliphatic rings. The molecule has 0 bridgehead atoms. The second-order valence-electron chi connectivity index (χ2n) is 6.04. The number of benzene rings is 2. The summed E-state index contributed by atoms with van der Waals surface area (Å²) in [6.45, 7) is 0.604. The van der Waals surface area contributed by atoms with E-state index >= 15 is 0 Å². The average molecular weight is 356 g/mol.